The third-order valence-electron chi connectivity index (χ3n) is 3.36. The van der Waals surface area contributed by atoms with E-state index in [9.17, 15) is 4.79 Å². The van der Waals surface area contributed by atoms with Crippen LogP contribution >= 0.6 is 0 Å². The Hall–Kier alpha value is -0.385. The fraction of sp³-hybridized carbons (Fsp3) is 0.900. The molecule has 0 saturated heterocycles. The first-order valence-electron chi connectivity index (χ1n) is 5.60. The molecule has 0 aliphatic heterocycles. The van der Waals surface area contributed by atoms with E-state index in [0.717, 1.165) is 12.8 Å². The molecule has 3 atom stereocenters. The molecule has 0 aromatic rings. The summed E-state index contributed by atoms with van der Waals surface area (Å²) in [5.74, 6) is -0.486. The van der Waals surface area contributed by atoms with E-state index >= 15 is 0 Å². The van der Waals surface area contributed by atoms with Crippen molar-refractivity contribution in [1.29, 1.82) is 0 Å². The second kappa shape index (κ2) is 5.10. The van der Waals surface area contributed by atoms with Crippen LogP contribution in [0.2, 0.25) is 5.82 Å². The first kappa shape index (κ1) is 12.7. The maximum atomic E-state index is 12.0. The van der Waals surface area contributed by atoms with Gasteiger partial charge in [-0.05, 0) is 12.3 Å². The summed E-state index contributed by atoms with van der Waals surface area (Å²) in [4.78, 5) is 12.0. The first-order chi connectivity index (χ1) is 6.95. The number of carbonyl (C=O) groups excluding carboxylic acids is 1. The number of ketones is 1. The van der Waals surface area contributed by atoms with Crippen LogP contribution in [-0.2, 0) is 4.79 Å². The maximum Gasteiger partial charge on any atom is 0.455 e. The Kier molecular flexibility index (Phi) is 4.31. The first-order valence-corrected chi connectivity index (χ1v) is 5.60. The molecule has 1 rings (SSSR count). The molecule has 0 aromatic heterocycles. The lowest BCUT2D eigenvalue weighted by atomic mass is 9.65. The molecule has 1 aliphatic carbocycles. The Balaban J connectivity index is 2.66. The Morgan fingerprint density at radius 1 is 1.40 bits per heavy atom. The minimum Gasteiger partial charge on any atom is -0.427 e. The van der Waals surface area contributed by atoms with Gasteiger partial charge in [0.1, 0.15) is 0 Å². The molecular weight excluding hydrogens is 193 g/mol. The van der Waals surface area contributed by atoms with Gasteiger partial charge in [0.25, 0.3) is 0 Å². The zero-order valence-electron chi connectivity index (χ0n) is 9.39. The van der Waals surface area contributed by atoms with E-state index in [2.05, 4.69) is 0 Å². The molecule has 86 valence electrons. The van der Waals surface area contributed by atoms with Crippen molar-refractivity contribution in [2.45, 2.75) is 45.0 Å². The SMILES string of the molecule is CC(C)C(N)C(=O)C1CCC[C@H]1B(O)O. The number of nitrogens with two attached hydrogens (primary N) is 1. The fourth-order valence-corrected chi connectivity index (χ4v) is 2.27. The minimum absolute atomic E-state index is 0.0133. The van der Waals surface area contributed by atoms with Crippen molar-refractivity contribution in [2.75, 3.05) is 0 Å². The Morgan fingerprint density at radius 2 is 2.00 bits per heavy atom. The average Bonchev–Trinajstić information content (AvgIpc) is 2.63. The highest BCUT2D eigenvalue weighted by Crippen LogP contribution is 2.38. The van der Waals surface area contributed by atoms with Crippen molar-refractivity contribution < 1.29 is 14.8 Å². The summed E-state index contributed by atoms with van der Waals surface area (Å²) in [6.07, 6.45) is 2.32. The normalized spacial score (nSPS) is 28.1. The zero-order valence-corrected chi connectivity index (χ0v) is 9.39. The fourth-order valence-electron chi connectivity index (χ4n) is 2.27. The summed E-state index contributed by atoms with van der Waals surface area (Å²) in [5, 5.41) is 18.3. The summed E-state index contributed by atoms with van der Waals surface area (Å²) in [6.45, 7) is 3.81. The van der Waals surface area contributed by atoms with Gasteiger partial charge in [0.15, 0.2) is 5.78 Å². The third kappa shape index (κ3) is 2.80. The number of hydrogen-bond donors (Lipinski definition) is 3. The summed E-state index contributed by atoms with van der Waals surface area (Å²) in [5.41, 5.74) is 5.79. The highest BCUT2D eigenvalue weighted by molar-refractivity contribution is 6.44. The van der Waals surface area contributed by atoms with Gasteiger partial charge in [0, 0.05) is 11.7 Å². The van der Waals surface area contributed by atoms with Crippen LogP contribution in [0.1, 0.15) is 33.1 Å². The number of carbonyl (C=O) groups is 1. The Labute approximate surface area is 91.0 Å². The lowest BCUT2D eigenvalue weighted by Gasteiger charge is -2.23. The molecule has 4 N–H and O–H groups in total. The van der Waals surface area contributed by atoms with Crippen LogP contribution < -0.4 is 5.73 Å². The predicted octanol–water partition coefficient (Wildman–Crippen LogP) is 0.182. The predicted molar refractivity (Wildman–Crippen MR) is 59.1 cm³/mol. The van der Waals surface area contributed by atoms with Crippen LogP contribution in [0.3, 0.4) is 0 Å². The smallest absolute Gasteiger partial charge is 0.427 e. The highest BCUT2D eigenvalue weighted by Gasteiger charge is 2.41. The summed E-state index contributed by atoms with van der Waals surface area (Å²) in [6, 6.07) is -0.477. The number of Topliss-reactive ketones (excluding diaryl/α,β-unsaturated/α-hetero) is 1. The van der Waals surface area contributed by atoms with Gasteiger partial charge in [0.05, 0.1) is 6.04 Å². The van der Waals surface area contributed by atoms with E-state index < -0.39 is 13.2 Å². The maximum absolute atomic E-state index is 12.0. The van der Waals surface area contributed by atoms with E-state index in [4.69, 9.17) is 15.8 Å². The largest absolute Gasteiger partial charge is 0.455 e. The zero-order chi connectivity index (χ0) is 11.6. The van der Waals surface area contributed by atoms with Gasteiger partial charge >= 0.3 is 7.12 Å². The molecule has 1 fully saturated rings. The van der Waals surface area contributed by atoms with Gasteiger partial charge in [-0.25, -0.2) is 0 Å². The van der Waals surface area contributed by atoms with E-state index in [1.165, 1.54) is 0 Å². The van der Waals surface area contributed by atoms with Gasteiger partial charge in [-0.15, -0.1) is 0 Å². The molecule has 15 heavy (non-hydrogen) atoms. The second-order valence-corrected chi connectivity index (χ2v) is 4.79. The van der Waals surface area contributed by atoms with Crippen LogP contribution in [0.4, 0.5) is 0 Å². The lowest BCUT2D eigenvalue weighted by Crippen LogP contribution is -2.42. The van der Waals surface area contributed by atoms with Crippen molar-refractivity contribution in [2.24, 2.45) is 17.6 Å². The van der Waals surface area contributed by atoms with Gasteiger partial charge in [-0.2, -0.15) is 0 Å². The molecule has 0 radical (unpaired) electrons. The van der Waals surface area contributed by atoms with Crippen molar-refractivity contribution in [3.63, 3.8) is 0 Å². The molecule has 0 bridgehead atoms. The van der Waals surface area contributed by atoms with E-state index in [0.29, 0.717) is 6.42 Å². The molecule has 0 aromatic carbocycles. The van der Waals surface area contributed by atoms with Crippen LogP contribution in [0, 0.1) is 11.8 Å². The molecule has 0 heterocycles. The quantitative estimate of drug-likeness (QED) is 0.581. The van der Waals surface area contributed by atoms with E-state index in [1.54, 1.807) is 0 Å². The molecular formula is C10H20BNO3. The van der Waals surface area contributed by atoms with Crippen molar-refractivity contribution >= 4 is 12.9 Å². The standard InChI is InChI=1S/C10H20BNO3/c1-6(2)9(12)10(13)7-4-3-5-8(7)11(14)15/h6-9,14-15H,3-5,12H2,1-2H3/t7?,8-,9?/m1/s1. The average molecular weight is 213 g/mol. The molecule has 0 amide bonds. The van der Waals surface area contributed by atoms with Crippen molar-refractivity contribution in [3.05, 3.63) is 0 Å². The summed E-state index contributed by atoms with van der Waals surface area (Å²) < 4.78 is 0. The minimum atomic E-state index is -1.39. The Morgan fingerprint density at radius 3 is 2.47 bits per heavy atom. The lowest BCUT2D eigenvalue weighted by molar-refractivity contribution is -0.125. The molecule has 5 heteroatoms. The van der Waals surface area contributed by atoms with Crippen molar-refractivity contribution in [1.82, 2.24) is 0 Å². The van der Waals surface area contributed by atoms with E-state index in [1.807, 2.05) is 13.8 Å². The molecule has 2 unspecified atom stereocenters. The van der Waals surface area contributed by atoms with Crippen molar-refractivity contribution in [3.8, 4) is 0 Å². The number of hydrogen-bond acceptors (Lipinski definition) is 4. The number of rotatable bonds is 4. The summed E-state index contributed by atoms with van der Waals surface area (Å²) in [7, 11) is -1.39. The van der Waals surface area contributed by atoms with Gasteiger partial charge in [0.2, 0.25) is 0 Å². The monoisotopic (exact) mass is 213 g/mol. The second-order valence-electron chi connectivity index (χ2n) is 4.79. The molecule has 4 nitrogen and oxygen atoms in total. The van der Waals surface area contributed by atoms with Crippen LogP contribution in [0.25, 0.3) is 0 Å². The molecule has 1 aliphatic rings. The van der Waals surface area contributed by atoms with Gasteiger partial charge < -0.3 is 15.8 Å². The van der Waals surface area contributed by atoms with E-state index in [-0.39, 0.29) is 23.4 Å². The summed E-state index contributed by atoms with van der Waals surface area (Å²) >= 11 is 0. The highest BCUT2D eigenvalue weighted by atomic mass is 16.4. The third-order valence-corrected chi connectivity index (χ3v) is 3.36. The van der Waals surface area contributed by atoms with Gasteiger partial charge in [-0.1, -0.05) is 26.7 Å². The van der Waals surface area contributed by atoms with Crippen LogP contribution in [0.5, 0.6) is 0 Å². The molecule has 0 spiro atoms. The van der Waals surface area contributed by atoms with Gasteiger partial charge in [-0.3, -0.25) is 4.79 Å². The van der Waals surface area contributed by atoms with Crippen LogP contribution in [-0.4, -0.2) is 29.0 Å². The Bertz CT molecular complexity index is 233. The topological polar surface area (TPSA) is 83.6 Å². The molecule has 1 saturated carbocycles. The van der Waals surface area contributed by atoms with Crippen LogP contribution in [0.15, 0.2) is 0 Å².